The van der Waals surface area contributed by atoms with Crippen molar-refractivity contribution >= 4 is 15.9 Å². The molecule has 0 atom stereocenters. The summed E-state index contributed by atoms with van der Waals surface area (Å²) in [4.78, 5) is 0.326. The smallest absolute Gasteiger partial charge is 0.200 e. The Kier molecular flexibility index (Phi) is 1.66. The lowest BCUT2D eigenvalue weighted by Gasteiger charge is -2.02. The summed E-state index contributed by atoms with van der Waals surface area (Å²) >= 11 is 0. The minimum absolute atomic E-state index is 0.326. The molecular formula is C9H8O3S. The number of fused-ring (bicyclic) bond motifs is 1. The molecule has 1 aromatic rings. The lowest BCUT2D eigenvalue weighted by Crippen LogP contribution is -1.94. The van der Waals surface area contributed by atoms with Crippen LogP contribution in [-0.4, -0.2) is 15.5 Å². The fraction of sp³-hybridized carbons (Fsp3) is 0.111. The van der Waals surface area contributed by atoms with E-state index in [9.17, 15) is 8.42 Å². The van der Waals surface area contributed by atoms with Crippen LogP contribution in [0.15, 0.2) is 28.5 Å². The highest BCUT2D eigenvalue weighted by Gasteiger charge is 2.20. The molecule has 0 bridgehead atoms. The van der Waals surface area contributed by atoms with E-state index in [1.807, 2.05) is 0 Å². The van der Waals surface area contributed by atoms with Crippen molar-refractivity contribution in [3.63, 3.8) is 0 Å². The van der Waals surface area contributed by atoms with Gasteiger partial charge in [0.1, 0.15) is 5.75 Å². The molecule has 0 aliphatic carbocycles. The third-order valence-electron chi connectivity index (χ3n) is 1.95. The van der Waals surface area contributed by atoms with Crippen molar-refractivity contribution in [2.45, 2.75) is 4.90 Å². The molecule has 13 heavy (non-hydrogen) atoms. The van der Waals surface area contributed by atoms with E-state index in [4.69, 9.17) is 4.74 Å². The van der Waals surface area contributed by atoms with Gasteiger partial charge in [0, 0.05) is 5.41 Å². The molecule has 0 aromatic heterocycles. The Morgan fingerprint density at radius 2 is 2.08 bits per heavy atom. The van der Waals surface area contributed by atoms with Crippen molar-refractivity contribution < 1.29 is 13.2 Å². The van der Waals surface area contributed by atoms with Gasteiger partial charge in [0.2, 0.25) is 9.84 Å². The summed E-state index contributed by atoms with van der Waals surface area (Å²) < 4.78 is 27.7. The van der Waals surface area contributed by atoms with Gasteiger partial charge in [-0.2, -0.15) is 0 Å². The molecule has 0 saturated carbocycles. The van der Waals surface area contributed by atoms with E-state index in [1.54, 1.807) is 18.2 Å². The van der Waals surface area contributed by atoms with Crippen LogP contribution < -0.4 is 4.74 Å². The summed E-state index contributed by atoms with van der Waals surface area (Å²) in [5.41, 5.74) is 0.723. The Bertz CT molecular complexity index is 472. The van der Waals surface area contributed by atoms with Crippen LogP contribution in [0, 0.1) is 0 Å². The molecule has 3 nitrogen and oxygen atoms in total. The monoisotopic (exact) mass is 196 g/mol. The number of rotatable bonds is 1. The molecule has 0 radical (unpaired) electrons. The van der Waals surface area contributed by atoms with Crippen LogP contribution in [0.2, 0.25) is 0 Å². The molecule has 0 unspecified atom stereocenters. The number of ether oxygens (including phenoxy) is 1. The maximum atomic E-state index is 11.4. The van der Waals surface area contributed by atoms with E-state index in [0.717, 1.165) is 5.56 Å². The van der Waals surface area contributed by atoms with Crippen LogP contribution in [0.25, 0.3) is 6.08 Å². The Hall–Kier alpha value is -1.29. The van der Waals surface area contributed by atoms with Crippen LogP contribution in [0.4, 0.5) is 0 Å². The maximum Gasteiger partial charge on any atom is 0.200 e. The highest BCUT2D eigenvalue weighted by Crippen LogP contribution is 2.29. The molecule has 2 rings (SSSR count). The summed E-state index contributed by atoms with van der Waals surface area (Å²) in [6.07, 6.45) is 1.59. The zero-order valence-corrected chi connectivity index (χ0v) is 7.84. The second kappa shape index (κ2) is 2.60. The van der Waals surface area contributed by atoms with Gasteiger partial charge in [-0.3, -0.25) is 0 Å². The highest BCUT2D eigenvalue weighted by molar-refractivity contribution is 7.94. The minimum Gasteiger partial charge on any atom is -0.497 e. The van der Waals surface area contributed by atoms with Gasteiger partial charge < -0.3 is 4.74 Å². The normalized spacial score (nSPS) is 17.0. The zero-order valence-electron chi connectivity index (χ0n) is 7.02. The van der Waals surface area contributed by atoms with Crippen molar-refractivity contribution in [2.75, 3.05) is 7.11 Å². The van der Waals surface area contributed by atoms with E-state index < -0.39 is 9.84 Å². The quantitative estimate of drug-likeness (QED) is 0.682. The number of sulfone groups is 1. The summed E-state index contributed by atoms with van der Waals surface area (Å²) in [5.74, 6) is 0.561. The first kappa shape index (κ1) is 8.31. The molecule has 1 aliphatic rings. The first-order chi connectivity index (χ1) is 6.13. The fourth-order valence-electron chi connectivity index (χ4n) is 1.26. The summed E-state index contributed by atoms with van der Waals surface area (Å²) in [6, 6.07) is 5.00. The molecule has 1 aromatic carbocycles. The lowest BCUT2D eigenvalue weighted by molar-refractivity contribution is 0.413. The molecule has 0 saturated heterocycles. The number of methoxy groups -OCH3 is 1. The van der Waals surface area contributed by atoms with Crippen molar-refractivity contribution in [1.29, 1.82) is 0 Å². The average molecular weight is 196 g/mol. The first-order valence-corrected chi connectivity index (χ1v) is 5.29. The van der Waals surface area contributed by atoms with E-state index in [2.05, 4.69) is 0 Å². The summed E-state index contributed by atoms with van der Waals surface area (Å²) in [5, 5.41) is 1.21. The number of hydrogen-bond acceptors (Lipinski definition) is 3. The Morgan fingerprint density at radius 1 is 1.31 bits per heavy atom. The molecule has 1 heterocycles. The fourth-order valence-corrected chi connectivity index (χ4v) is 2.48. The first-order valence-electron chi connectivity index (χ1n) is 3.75. The van der Waals surface area contributed by atoms with Crippen LogP contribution in [0.3, 0.4) is 0 Å². The number of hydrogen-bond donors (Lipinski definition) is 0. The van der Waals surface area contributed by atoms with Crippen molar-refractivity contribution in [3.8, 4) is 5.75 Å². The van der Waals surface area contributed by atoms with Crippen LogP contribution >= 0.6 is 0 Å². The maximum absolute atomic E-state index is 11.4. The molecule has 4 heteroatoms. The second-order valence-electron chi connectivity index (χ2n) is 2.75. The van der Waals surface area contributed by atoms with Crippen LogP contribution in [0.1, 0.15) is 5.56 Å². The van der Waals surface area contributed by atoms with Crippen LogP contribution in [-0.2, 0) is 9.84 Å². The second-order valence-corrected chi connectivity index (χ2v) is 4.55. The van der Waals surface area contributed by atoms with Gasteiger partial charge in [-0.15, -0.1) is 0 Å². The summed E-state index contributed by atoms with van der Waals surface area (Å²) in [7, 11) is -1.69. The van der Waals surface area contributed by atoms with E-state index in [0.29, 0.717) is 10.6 Å². The van der Waals surface area contributed by atoms with Gasteiger partial charge in [-0.1, -0.05) is 0 Å². The lowest BCUT2D eigenvalue weighted by atomic mass is 10.2. The van der Waals surface area contributed by atoms with Gasteiger partial charge in [0.15, 0.2) is 0 Å². The molecule has 68 valence electrons. The van der Waals surface area contributed by atoms with Gasteiger partial charge in [0.05, 0.1) is 12.0 Å². The van der Waals surface area contributed by atoms with Crippen molar-refractivity contribution in [3.05, 3.63) is 29.2 Å². The van der Waals surface area contributed by atoms with Crippen molar-refractivity contribution in [2.24, 2.45) is 0 Å². The van der Waals surface area contributed by atoms with Crippen molar-refractivity contribution in [1.82, 2.24) is 0 Å². The molecule has 0 fully saturated rings. The Labute approximate surface area is 76.6 Å². The molecule has 1 aliphatic heterocycles. The van der Waals surface area contributed by atoms with E-state index >= 15 is 0 Å². The standard InChI is InChI=1S/C9H8O3S/c1-12-8-3-2-7-4-5-13(10,11)9(7)6-8/h2-6H,1H3. The number of benzene rings is 1. The van der Waals surface area contributed by atoms with Gasteiger partial charge in [-0.25, -0.2) is 8.42 Å². The largest absolute Gasteiger partial charge is 0.497 e. The predicted molar refractivity (Wildman–Crippen MR) is 49.2 cm³/mol. The molecule has 0 amide bonds. The van der Waals surface area contributed by atoms with Gasteiger partial charge >= 0.3 is 0 Å². The minimum atomic E-state index is -3.20. The topological polar surface area (TPSA) is 43.4 Å². The highest BCUT2D eigenvalue weighted by atomic mass is 32.2. The Balaban J connectivity index is 2.68. The molecular weight excluding hydrogens is 188 g/mol. The zero-order chi connectivity index (χ0) is 9.47. The molecule has 0 spiro atoms. The average Bonchev–Trinajstić information content (AvgIpc) is 2.42. The predicted octanol–water partition coefficient (Wildman–Crippen LogP) is 1.45. The van der Waals surface area contributed by atoms with Crippen LogP contribution in [0.5, 0.6) is 5.75 Å². The van der Waals surface area contributed by atoms with Gasteiger partial charge in [-0.05, 0) is 29.8 Å². The summed E-state index contributed by atoms with van der Waals surface area (Å²) in [6.45, 7) is 0. The third kappa shape index (κ3) is 1.23. The Morgan fingerprint density at radius 3 is 2.77 bits per heavy atom. The van der Waals surface area contributed by atoms with E-state index in [1.165, 1.54) is 18.6 Å². The third-order valence-corrected chi connectivity index (χ3v) is 3.42. The SMILES string of the molecule is COc1ccc2c(c1)S(=O)(=O)C=C2. The van der Waals surface area contributed by atoms with Gasteiger partial charge in [0.25, 0.3) is 0 Å². The molecule has 0 N–H and O–H groups in total. The van der Waals surface area contributed by atoms with E-state index in [-0.39, 0.29) is 0 Å².